The summed E-state index contributed by atoms with van der Waals surface area (Å²) in [5.74, 6) is 0.842. The first-order valence-electron chi connectivity index (χ1n) is 4.72. The van der Waals surface area contributed by atoms with Crippen molar-refractivity contribution in [2.24, 2.45) is 11.7 Å². The van der Waals surface area contributed by atoms with Crippen LogP contribution in [0.2, 0.25) is 0 Å². The van der Waals surface area contributed by atoms with E-state index >= 15 is 0 Å². The number of aromatic nitrogens is 1. The van der Waals surface area contributed by atoms with E-state index in [1.165, 1.54) is 12.8 Å². The van der Waals surface area contributed by atoms with E-state index in [1.54, 1.807) is 6.20 Å². The van der Waals surface area contributed by atoms with Crippen LogP contribution in [0.5, 0.6) is 0 Å². The van der Waals surface area contributed by atoms with Gasteiger partial charge in [0.05, 0.1) is 17.6 Å². The van der Waals surface area contributed by atoms with Gasteiger partial charge in [-0.15, -0.1) is 0 Å². The van der Waals surface area contributed by atoms with Crippen LogP contribution in [0.3, 0.4) is 0 Å². The van der Waals surface area contributed by atoms with Crippen molar-refractivity contribution in [3.05, 3.63) is 24.0 Å². The first-order valence-corrected chi connectivity index (χ1v) is 4.72. The van der Waals surface area contributed by atoms with Gasteiger partial charge in [0, 0.05) is 6.04 Å². The van der Waals surface area contributed by atoms with Gasteiger partial charge in [-0.25, -0.2) is 0 Å². The van der Waals surface area contributed by atoms with Crippen LogP contribution < -0.4 is 11.5 Å². The molecule has 0 saturated heterocycles. The number of nitrogen functional groups attached to an aromatic ring is 1. The highest BCUT2D eigenvalue weighted by Gasteiger charge is 2.24. The van der Waals surface area contributed by atoms with E-state index in [4.69, 9.17) is 11.5 Å². The Morgan fingerprint density at radius 2 is 2.23 bits per heavy atom. The van der Waals surface area contributed by atoms with Crippen molar-refractivity contribution in [2.75, 3.05) is 5.73 Å². The van der Waals surface area contributed by atoms with Crippen LogP contribution in [0.25, 0.3) is 0 Å². The lowest BCUT2D eigenvalue weighted by Gasteiger charge is -2.09. The van der Waals surface area contributed by atoms with Crippen LogP contribution in [0.4, 0.5) is 5.69 Å². The number of nitrogens with two attached hydrogens (primary N) is 2. The first-order chi connectivity index (χ1) is 6.25. The highest BCUT2D eigenvalue weighted by Crippen LogP contribution is 2.36. The fourth-order valence-corrected chi connectivity index (χ4v) is 1.47. The van der Waals surface area contributed by atoms with Crippen LogP contribution in [0.1, 0.15) is 31.0 Å². The third-order valence-electron chi connectivity index (χ3n) is 2.47. The summed E-state index contributed by atoms with van der Waals surface area (Å²) < 4.78 is 0. The van der Waals surface area contributed by atoms with Gasteiger partial charge in [0.25, 0.3) is 0 Å². The van der Waals surface area contributed by atoms with Gasteiger partial charge in [-0.2, -0.15) is 0 Å². The molecule has 0 bridgehead atoms. The van der Waals surface area contributed by atoms with Gasteiger partial charge in [-0.05, 0) is 24.5 Å². The molecular weight excluding hydrogens is 162 g/mol. The summed E-state index contributed by atoms with van der Waals surface area (Å²) >= 11 is 0. The Morgan fingerprint density at radius 3 is 2.77 bits per heavy atom. The van der Waals surface area contributed by atoms with E-state index in [1.807, 2.05) is 12.1 Å². The molecule has 0 amide bonds. The number of pyridine rings is 1. The van der Waals surface area contributed by atoms with E-state index in [2.05, 4.69) is 4.98 Å². The molecule has 0 unspecified atom stereocenters. The van der Waals surface area contributed by atoms with Gasteiger partial charge in [0.2, 0.25) is 0 Å². The van der Waals surface area contributed by atoms with E-state index in [-0.39, 0.29) is 6.04 Å². The Hall–Kier alpha value is -1.09. The summed E-state index contributed by atoms with van der Waals surface area (Å²) in [5.41, 5.74) is 13.2. The van der Waals surface area contributed by atoms with Crippen LogP contribution in [-0.4, -0.2) is 4.98 Å². The first kappa shape index (κ1) is 8.51. The Balaban J connectivity index is 2.01. The molecule has 1 aliphatic carbocycles. The number of hydrogen-bond acceptors (Lipinski definition) is 3. The van der Waals surface area contributed by atoms with Crippen molar-refractivity contribution in [2.45, 2.75) is 25.3 Å². The van der Waals surface area contributed by atoms with E-state index in [0.29, 0.717) is 5.69 Å². The van der Waals surface area contributed by atoms with Gasteiger partial charge in [-0.1, -0.05) is 12.8 Å². The van der Waals surface area contributed by atoms with Crippen molar-refractivity contribution in [1.82, 2.24) is 4.98 Å². The van der Waals surface area contributed by atoms with Crippen molar-refractivity contribution >= 4 is 5.69 Å². The zero-order valence-corrected chi connectivity index (χ0v) is 7.61. The largest absolute Gasteiger partial charge is 0.397 e. The molecule has 1 saturated carbocycles. The quantitative estimate of drug-likeness (QED) is 0.734. The maximum atomic E-state index is 5.98. The molecule has 0 aromatic carbocycles. The minimum Gasteiger partial charge on any atom is -0.397 e. The molecule has 3 nitrogen and oxygen atoms in total. The molecule has 1 heterocycles. The highest BCUT2D eigenvalue weighted by molar-refractivity contribution is 5.35. The number of nitrogens with zero attached hydrogens (tertiary/aromatic N) is 1. The third kappa shape index (κ3) is 2.18. The molecule has 3 heteroatoms. The van der Waals surface area contributed by atoms with Crippen LogP contribution >= 0.6 is 0 Å². The summed E-state index contributed by atoms with van der Waals surface area (Å²) in [6.45, 7) is 0. The lowest BCUT2D eigenvalue weighted by Crippen LogP contribution is -2.12. The Bertz CT molecular complexity index is 277. The monoisotopic (exact) mass is 177 g/mol. The molecule has 0 spiro atoms. The molecule has 1 aromatic rings. The summed E-state index contributed by atoms with van der Waals surface area (Å²) in [6.07, 6.45) is 5.41. The highest BCUT2D eigenvalue weighted by atomic mass is 14.8. The minimum atomic E-state index is 0.0908. The Morgan fingerprint density at radius 1 is 1.46 bits per heavy atom. The van der Waals surface area contributed by atoms with Crippen molar-refractivity contribution in [1.29, 1.82) is 0 Å². The molecule has 0 aliphatic heterocycles. The molecule has 2 rings (SSSR count). The lowest BCUT2D eigenvalue weighted by molar-refractivity contribution is 0.584. The topological polar surface area (TPSA) is 64.9 Å². The fourth-order valence-electron chi connectivity index (χ4n) is 1.47. The number of rotatable bonds is 3. The summed E-state index contributed by atoms with van der Waals surface area (Å²) in [6, 6.07) is 3.87. The van der Waals surface area contributed by atoms with E-state index in [9.17, 15) is 0 Å². The van der Waals surface area contributed by atoms with Crippen LogP contribution in [0.15, 0.2) is 18.3 Å². The van der Waals surface area contributed by atoms with Crippen molar-refractivity contribution in [3.8, 4) is 0 Å². The van der Waals surface area contributed by atoms with Crippen LogP contribution in [-0.2, 0) is 0 Å². The summed E-state index contributed by atoms with van der Waals surface area (Å²) in [4.78, 5) is 4.21. The number of hydrogen-bond donors (Lipinski definition) is 2. The predicted octanol–water partition coefficient (Wildman–Crippen LogP) is 1.46. The van der Waals surface area contributed by atoms with Crippen LogP contribution in [0, 0.1) is 5.92 Å². The standard InChI is InChI=1S/C10H15N3/c11-8-3-4-10(13-6-8)9(12)5-7-1-2-7/h3-4,6-7,9H,1-2,5,11-12H2/t9-/m1/s1. The molecule has 70 valence electrons. The molecule has 13 heavy (non-hydrogen) atoms. The SMILES string of the molecule is Nc1ccc([C@H](N)CC2CC2)nc1. The smallest absolute Gasteiger partial charge is 0.0572 e. The summed E-state index contributed by atoms with van der Waals surface area (Å²) in [5, 5.41) is 0. The second-order valence-electron chi connectivity index (χ2n) is 3.80. The molecule has 4 N–H and O–H groups in total. The average Bonchev–Trinajstić information content (AvgIpc) is 2.89. The maximum absolute atomic E-state index is 5.98. The molecule has 1 aromatic heterocycles. The molecule has 1 aliphatic rings. The Kier molecular flexibility index (Phi) is 2.19. The molecule has 0 radical (unpaired) electrons. The van der Waals surface area contributed by atoms with E-state index in [0.717, 1.165) is 18.0 Å². The fraction of sp³-hybridized carbons (Fsp3) is 0.500. The predicted molar refractivity (Wildman–Crippen MR) is 52.9 cm³/mol. The average molecular weight is 177 g/mol. The zero-order valence-electron chi connectivity index (χ0n) is 7.61. The van der Waals surface area contributed by atoms with Gasteiger partial charge >= 0.3 is 0 Å². The second kappa shape index (κ2) is 3.34. The minimum absolute atomic E-state index is 0.0908. The number of anilines is 1. The normalized spacial score (nSPS) is 18.5. The summed E-state index contributed by atoms with van der Waals surface area (Å²) in [7, 11) is 0. The second-order valence-corrected chi connectivity index (χ2v) is 3.80. The maximum Gasteiger partial charge on any atom is 0.0572 e. The van der Waals surface area contributed by atoms with Gasteiger partial charge in [0.1, 0.15) is 0 Å². The van der Waals surface area contributed by atoms with Crippen molar-refractivity contribution in [3.63, 3.8) is 0 Å². The third-order valence-corrected chi connectivity index (χ3v) is 2.47. The Labute approximate surface area is 78.1 Å². The zero-order chi connectivity index (χ0) is 9.26. The van der Waals surface area contributed by atoms with Gasteiger partial charge < -0.3 is 11.5 Å². The van der Waals surface area contributed by atoms with E-state index < -0.39 is 0 Å². The molecule has 1 atom stereocenters. The van der Waals surface area contributed by atoms with Gasteiger partial charge in [0.15, 0.2) is 0 Å². The van der Waals surface area contributed by atoms with Crippen molar-refractivity contribution < 1.29 is 0 Å². The lowest BCUT2D eigenvalue weighted by atomic mass is 10.1. The van der Waals surface area contributed by atoms with Gasteiger partial charge in [-0.3, -0.25) is 4.98 Å². The molecular formula is C10H15N3. The molecule has 1 fully saturated rings.